The van der Waals surface area contributed by atoms with Gasteiger partial charge in [-0.05, 0) is 83.5 Å². The molecule has 6 heteroatoms. The summed E-state index contributed by atoms with van der Waals surface area (Å²) in [5, 5.41) is 0. The Balaban J connectivity index is 4.32. The van der Waals surface area contributed by atoms with Crippen LogP contribution in [0.3, 0.4) is 0 Å². The second-order valence-electron chi connectivity index (χ2n) is 24.1. The Morgan fingerprint density at radius 2 is 0.481 bits per heavy atom. The lowest BCUT2D eigenvalue weighted by molar-refractivity contribution is -0.167. The highest BCUT2D eigenvalue weighted by Crippen LogP contribution is 2.18. The highest BCUT2D eigenvalue weighted by molar-refractivity contribution is 5.71. The maximum atomic E-state index is 13.0. The first-order valence-electron chi connectivity index (χ1n) is 35.8. The van der Waals surface area contributed by atoms with Crippen molar-refractivity contribution in [3.05, 3.63) is 60.8 Å². The van der Waals surface area contributed by atoms with Gasteiger partial charge in [0.25, 0.3) is 0 Å². The van der Waals surface area contributed by atoms with Gasteiger partial charge in [-0.1, -0.05) is 338 Å². The van der Waals surface area contributed by atoms with Gasteiger partial charge in [0.2, 0.25) is 0 Å². The van der Waals surface area contributed by atoms with Gasteiger partial charge in [-0.15, -0.1) is 0 Å². The van der Waals surface area contributed by atoms with Gasteiger partial charge >= 0.3 is 17.9 Å². The summed E-state index contributed by atoms with van der Waals surface area (Å²) < 4.78 is 17.0. The van der Waals surface area contributed by atoms with Crippen molar-refractivity contribution < 1.29 is 28.6 Å². The fourth-order valence-corrected chi connectivity index (χ4v) is 10.7. The van der Waals surface area contributed by atoms with Gasteiger partial charge < -0.3 is 14.2 Å². The van der Waals surface area contributed by atoms with E-state index in [0.29, 0.717) is 19.3 Å². The Hall–Kier alpha value is -2.89. The summed E-state index contributed by atoms with van der Waals surface area (Å²) in [6, 6.07) is 0. The number of unbranched alkanes of at least 4 members (excludes halogenated alkanes) is 45. The van der Waals surface area contributed by atoms with Crippen molar-refractivity contribution in [2.45, 2.75) is 386 Å². The molecule has 0 saturated carbocycles. The third-order valence-corrected chi connectivity index (χ3v) is 16.0. The molecular weight excluding hydrogens is 997 g/mol. The third-order valence-electron chi connectivity index (χ3n) is 16.0. The Bertz CT molecular complexity index is 1440. The molecule has 0 heterocycles. The van der Waals surface area contributed by atoms with Crippen molar-refractivity contribution >= 4 is 17.9 Å². The molecule has 0 radical (unpaired) electrons. The molecule has 0 saturated heterocycles. The number of rotatable bonds is 66. The van der Waals surface area contributed by atoms with Crippen LogP contribution < -0.4 is 0 Å². The van der Waals surface area contributed by atoms with E-state index in [1.54, 1.807) is 0 Å². The molecular formula is C75H136O6. The molecule has 0 aromatic carbocycles. The number of hydrogen-bond acceptors (Lipinski definition) is 6. The summed E-state index contributed by atoms with van der Waals surface area (Å²) in [5.41, 5.74) is 0. The monoisotopic (exact) mass is 1130 g/mol. The van der Waals surface area contributed by atoms with Crippen LogP contribution in [-0.4, -0.2) is 37.2 Å². The van der Waals surface area contributed by atoms with Crippen LogP contribution in [0.15, 0.2) is 60.8 Å². The number of hydrogen-bond donors (Lipinski definition) is 0. The summed E-state index contributed by atoms with van der Waals surface area (Å²) in [7, 11) is 0. The zero-order chi connectivity index (χ0) is 58.5. The van der Waals surface area contributed by atoms with Gasteiger partial charge in [-0.25, -0.2) is 0 Å². The SMILES string of the molecule is CC/C=C\C/C=C\C/C=C\C/C=C\CCCCCCC(=O)OCC(COC(=O)CCCCCCCCCCCCCCCCCCCCCCCCCCC)OC(=O)CCCCCCCCCCC/C=C\CCCCCCCCCC. The minimum atomic E-state index is -0.786. The van der Waals surface area contributed by atoms with E-state index < -0.39 is 6.10 Å². The summed E-state index contributed by atoms with van der Waals surface area (Å²) >= 11 is 0. The number of ether oxygens (including phenoxy) is 3. The molecule has 0 N–H and O–H groups in total. The fraction of sp³-hybridized carbons (Fsp3) is 0.827. The lowest BCUT2D eigenvalue weighted by Crippen LogP contribution is -2.30. The quantitative estimate of drug-likeness (QED) is 0.0261. The van der Waals surface area contributed by atoms with Crippen molar-refractivity contribution in [1.29, 1.82) is 0 Å². The lowest BCUT2D eigenvalue weighted by atomic mass is 10.0. The van der Waals surface area contributed by atoms with Crippen LogP contribution in [0, 0.1) is 0 Å². The predicted octanol–water partition coefficient (Wildman–Crippen LogP) is 24.7. The molecule has 0 aromatic heterocycles. The van der Waals surface area contributed by atoms with Crippen molar-refractivity contribution in [2.75, 3.05) is 13.2 Å². The Morgan fingerprint density at radius 3 is 0.765 bits per heavy atom. The molecule has 0 aliphatic carbocycles. The summed E-state index contributed by atoms with van der Waals surface area (Å²) in [6.07, 6.45) is 89.7. The smallest absolute Gasteiger partial charge is 0.306 e. The average Bonchev–Trinajstić information content (AvgIpc) is 3.47. The number of carbonyl (C=O) groups excluding carboxylic acids is 3. The van der Waals surface area contributed by atoms with Gasteiger partial charge in [0.1, 0.15) is 13.2 Å². The minimum absolute atomic E-state index is 0.0792. The van der Waals surface area contributed by atoms with Crippen LogP contribution in [0.5, 0.6) is 0 Å². The second-order valence-corrected chi connectivity index (χ2v) is 24.1. The minimum Gasteiger partial charge on any atom is -0.462 e. The summed E-state index contributed by atoms with van der Waals surface area (Å²) in [5.74, 6) is -0.881. The van der Waals surface area contributed by atoms with E-state index in [4.69, 9.17) is 14.2 Å². The van der Waals surface area contributed by atoms with E-state index in [-0.39, 0.29) is 31.1 Å². The molecule has 0 aliphatic rings. The van der Waals surface area contributed by atoms with Crippen LogP contribution in [0.4, 0.5) is 0 Å². The standard InChI is InChI=1S/C75H136O6/c1-4-7-10-13-16-19-22-25-28-31-33-35-36-37-38-40-41-44-47-50-53-56-59-62-65-68-74(77)80-71-72(70-79-73(76)67-64-61-58-55-52-49-46-43-30-27-24-21-18-15-12-9-6-3)81-75(78)69-66-63-60-57-54-51-48-45-42-39-34-32-29-26-23-20-17-14-11-8-5-2/h9,12,18,21,27,30,32,34,46,49,72H,4-8,10-11,13-17,19-20,22-26,28-29,31,33,35-45,47-48,50-71H2,1-3H3/b12-9-,21-18-,30-27-,34-32-,49-46-. The van der Waals surface area contributed by atoms with Gasteiger partial charge in [-0.3, -0.25) is 14.4 Å². The number of allylic oxidation sites excluding steroid dienone is 10. The maximum absolute atomic E-state index is 13.0. The Morgan fingerprint density at radius 1 is 0.259 bits per heavy atom. The van der Waals surface area contributed by atoms with Crippen LogP contribution in [0.1, 0.15) is 380 Å². The number of carbonyl (C=O) groups is 3. The van der Waals surface area contributed by atoms with Gasteiger partial charge in [0.05, 0.1) is 0 Å². The molecule has 1 unspecified atom stereocenters. The first-order chi connectivity index (χ1) is 40.0. The largest absolute Gasteiger partial charge is 0.462 e. The van der Waals surface area contributed by atoms with Crippen molar-refractivity contribution in [3.63, 3.8) is 0 Å². The van der Waals surface area contributed by atoms with E-state index in [0.717, 1.165) is 96.3 Å². The van der Waals surface area contributed by atoms with E-state index in [1.165, 1.54) is 244 Å². The van der Waals surface area contributed by atoms with Crippen molar-refractivity contribution in [3.8, 4) is 0 Å². The Labute approximate surface area is 504 Å². The van der Waals surface area contributed by atoms with Gasteiger partial charge in [0.15, 0.2) is 6.10 Å². The topological polar surface area (TPSA) is 78.9 Å². The molecule has 0 aromatic rings. The molecule has 0 bridgehead atoms. The molecule has 0 amide bonds. The lowest BCUT2D eigenvalue weighted by Gasteiger charge is -2.18. The van der Waals surface area contributed by atoms with Gasteiger partial charge in [0, 0.05) is 19.3 Å². The molecule has 0 rings (SSSR count). The molecule has 472 valence electrons. The highest BCUT2D eigenvalue weighted by atomic mass is 16.6. The molecule has 0 fully saturated rings. The number of esters is 3. The van der Waals surface area contributed by atoms with Gasteiger partial charge in [-0.2, -0.15) is 0 Å². The first-order valence-corrected chi connectivity index (χ1v) is 35.8. The van der Waals surface area contributed by atoms with Crippen molar-refractivity contribution in [1.82, 2.24) is 0 Å². The third kappa shape index (κ3) is 67.8. The van der Waals surface area contributed by atoms with E-state index in [9.17, 15) is 14.4 Å². The van der Waals surface area contributed by atoms with Crippen LogP contribution in [-0.2, 0) is 28.6 Å². The Kier molecular flexibility index (Phi) is 67.1. The molecule has 0 aliphatic heterocycles. The molecule has 81 heavy (non-hydrogen) atoms. The van der Waals surface area contributed by atoms with Crippen LogP contribution >= 0.6 is 0 Å². The molecule has 6 nitrogen and oxygen atoms in total. The van der Waals surface area contributed by atoms with Crippen LogP contribution in [0.25, 0.3) is 0 Å². The molecule has 1 atom stereocenters. The normalized spacial score (nSPS) is 12.4. The van der Waals surface area contributed by atoms with E-state index in [2.05, 4.69) is 81.5 Å². The predicted molar refractivity (Wildman–Crippen MR) is 353 cm³/mol. The first kappa shape index (κ1) is 78.1. The second kappa shape index (κ2) is 69.6. The zero-order valence-electron chi connectivity index (χ0n) is 54.3. The summed E-state index contributed by atoms with van der Waals surface area (Å²) in [6.45, 7) is 6.57. The van der Waals surface area contributed by atoms with E-state index in [1.807, 2.05) is 0 Å². The van der Waals surface area contributed by atoms with E-state index >= 15 is 0 Å². The molecule has 0 spiro atoms. The van der Waals surface area contributed by atoms with Crippen LogP contribution in [0.2, 0.25) is 0 Å². The summed E-state index contributed by atoms with van der Waals surface area (Å²) in [4.78, 5) is 38.5. The maximum Gasteiger partial charge on any atom is 0.306 e. The van der Waals surface area contributed by atoms with Crippen molar-refractivity contribution in [2.24, 2.45) is 0 Å². The zero-order valence-corrected chi connectivity index (χ0v) is 54.3. The fourth-order valence-electron chi connectivity index (χ4n) is 10.7. The average molecular weight is 1130 g/mol. The highest BCUT2D eigenvalue weighted by Gasteiger charge is 2.19.